The molecule has 1 saturated heterocycles. The van der Waals surface area contributed by atoms with E-state index in [0.717, 1.165) is 18.6 Å². The van der Waals surface area contributed by atoms with Crippen LogP contribution in [0.3, 0.4) is 0 Å². The molecule has 1 aliphatic heterocycles. The number of rotatable bonds is 6. The summed E-state index contributed by atoms with van der Waals surface area (Å²) in [7, 11) is 1.66. The summed E-state index contributed by atoms with van der Waals surface area (Å²) in [5.41, 5.74) is 1.95. The monoisotopic (exact) mass is 425 g/mol. The van der Waals surface area contributed by atoms with E-state index < -0.39 is 0 Å². The number of nitrogens with one attached hydrogen (secondary N) is 1. The van der Waals surface area contributed by atoms with E-state index >= 15 is 0 Å². The number of nitrogens with zero attached hydrogens (tertiary/aromatic N) is 2. The van der Waals surface area contributed by atoms with Gasteiger partial charge in [0.2, 0.25) is 0 Å². The fraction of sp³-hybridized carbons (Fsp3) is 0.304. The van der Waals surface area contributed by atoms with E-state index in [4.69, 9.17) is 21.1 Å². The lowest BCUT2D eigenvalue weighted by Crippen LogP contribution is -2.40. The maximum absolute atomic E-state index is 12.8. The summed E-state index contributed by atoms with van der Waals surface area (Å²) in [4.78, 5) is 12.8. The summed E-state index contributed by atoms with van der Waals surface area (Å²) < 4.78 is 12.2. The Morgan fingerprint density at radius 3 is 2.50 bits per heavy atom. The second-order valence-corrected chi connectivity index (χ2v) is 7.78. The lowest BCUT2D eigenvalue weighted by Gasteiger charge is -2.38. The van der Waals surface area contributed by atoms with E-state index in [1.165, 1.54) is 10.2 Å². The number of methoxy groups -OCH3 is 1. The van der Waals surface area contributed by atoms with Crippen LogP contribution in [0, 0.1) is 0 Å². The van der Waals surface area contributed by atoms with Gasteiger partial charge >= 0.3 is 0 Å². The maximum atomic E-state index is 12.8. The van der Waals surface area contributed by atoms with Gasteiger partial charge in [0.1, 0.15) is 10.8 Å². The Morgan fingerprint density at radius 1 is 1.13 bits per heavy atom. The molecule has 6 nitrogen and oxygen atoms in total. The number of anilines is 1. The third kappa shape index (κ3) is 4.06. The lowest BCUT2D eigenvalue weighted by atomic mass is 9.74. The highest BCUT2D eigenvalue weighted by Gasteiger charge is 2.34. The zero-order valence-electron chi connectivity index (χ0n) is 16.8. The first-order chi connectivity index (χ1) is 14.6. The number of para-hydroxylation sites is 1. The Balaban J connectivity index is 1.59. The highest BCUT2D eigenvalue weighted by atomic mass is 35.5. The molecule has 0 bridgehead atoms. The van der Waals surface area contributed by atoms with Crippen molar-refractivity contribution in [3.05, 3.63) is 81.7 Å². The first-order valence-corrected chi connectivity index (χ1v) is 10.3. The highest BCUT2D eigenvalue weighted by Crippen LogP contribution is 2.36. The number of ether oxygens (including phenoxy) is 2. The van der Waals surface area contributed by atoms with Gasteiger partial charge in [-0.05, 0) is 42.7 Å². The molecule has 7 heteroatoms. The third-order valence-corrected chi connectivity index (χ3v) is 6.05. The lowest BCUT2D eigenvalue weighted by molar-refractivity contribution is 0.0544. The van der Waals surface area contributed by atoms with Gasteiger partial charge in [-0.3, -0.25) is 4.79 Å². The molecule has 3 aromatic rings. The number of benzene rings is 2. The summed E-state index contributed by atoms with van der Waals surface area (Å²) >= 11 is 6.42. The van der Waals surface area contributed by atoms with Gasteiger partial charge in [0.05, 0.1) is 24.7 Å². The molecule has 2 aromatic carbocycles. The molecule has 0 saturated carbocycles. The number of halogens is 1. The van der Waals surface area contributed by atoms with Crippen LogP contribution in [0.5, 0.6) is 5.75 Å². The second kappa shape index (κ2) is 8.90. The molecule has 0 amide bonds. The molecule has 0 spiro atoms. The second-order valence-electron chi connectivity index (χ2n) is 7.40. The molecule has 4 rings (SSSR count). The minimum absolute atomic E-state index is 0.123. The van der Waals surface area contributed by atoms with Crippen molar-refractivity contribution in [3.63, 3.8) is 0 Å². The Hall–Kier alpha value is -2.83. The molecule has 1 N–H and O–H groups in total. The Morgan fingerprint density at radius 2 is 1.83 bits per heavy atom. The van der Waals surface area contributed by atoms with Gasteiger partial charge in [-0.1, -0.05) is 41.9 Å². The maximum Gasteiger partial charge on any atom is 0.292 e. The van der Waals surface area contributed by atoms with Crippen LogP contribution in [0.2, 0.25) is 5.02 Å². The van der Waals surface area contributed by atoms with E-state index in [1.807, 2.05) is 42.5 Å². The molecule has 0 unspecified atom stereocenters. The van der Waals surface area contributed by atoms with E-state index in [1.54, 1.807) is 13.3 Å². The van der Waals surface area contributed by atoms with Gasteiger partial charge < -0.3 is 14.8 Å². The summed E-state index contributed by atoms with van der Waals surface area (Å²) in [6.07, 6.45) is 3.36. The van der Waals surface area contributed by atoms with Crippen molar-refractivity contribution in [3.8, 4) is 11.4 Å². The molecule has 30 heavy (non-hydrogen) atoms. The molecule has 1 aliphatic rings. The van der Waals surface area contributed by atoms with Gasteiger partial charge in [-0.2, -0.15) is 9.78 Å². The van der Waals surface area contributed by atoms with Crippen LogP contribution in [0.1, 0.15) is 18.4 Å². The molecule has 0 atom stereocenters. The smallest absolute Gasteiger partial charge is 0.292 e. The molecule has 0 aliphatic carbocycles. The zero-order chi connectivity index (χ0) is 21.0. The molecule has 1 aromatic heterocycles. The van der Waals surface area contributed by atoms with Crippen LogP contribution in [-0.2, 0) is 10.2 Å². The molecular formula is C23H24ClN3O3. The predicted molar refractivity (Wildman–Crippen MR) is 118 cm³/mol. The van der Waals surface area contributed by atoms with Crippen molar-refractivity contribution in [2.75, 3.05) is 32.2 Å². The summed E-state index contributed by atoms with van der Waals surface area (Å²) in [5, 5.41) is 7.81. The van der Waals surface area contributed by atoms with Gasteiger partial charge in [-0.15, -0.1) is 0 Å². The van der Waals surface area contributed by atoms with Gasteiger partial charge in [0, 0.05) is 25.2 Å². The molecular weight excluding hydrogens is 402 g/mol. The highest BCUT2D eigenvalue weighted by molar-refractivity contribution is 6.32. The van der Waals surface area contributed by atoms with E-state index in [2.05, 4.69) is 22.5 Å². The zero-order valence-corrected chi connectivity index (χ0v) is 17.6. The molecule has 0 radical (unpaired) electrons. The van der Waals surface area contributed by atoms with Crippen molar-refractivity contribution >= 4 is 17.3 Å². The molecule has 156 valence electrons. The summed E-state index contributed by atoms with van der Waals surface area (Å²) in [5.74, 6) is 0.825. The number of aromatic nitrogens is 2. The first-order valence-electron chi connectivity index (χ1n) is 9.92. The third-order valence-electron chi connectivity index (χ3n) is 5.69. The summed E-state index contributed by atoms with van der Waals surface area (Å²) in [6.45, 7) is 2.00. The predicted octanol–water partition coefficient (Wildman–Crippen LogP) is 4.05. The van der Waals surface area contributed by atoms with Gasteiger partial charge in [0.25, 0.3) is 5.56 Å². The van der Waals surface area contributed by atoms with Crippen LogP contribution >= 0.6 is 11.6 Å². The minimum atomic E-state index is -0.349. The Bertz CT molecular complexity index is 1050. The van der Waals surface area contributed by atoms with E-state index in [0.29, 0.717) is 31.1 Å². The minimum Gasteiger partial charge on any atom is -0.497 e. The van der Waals surface area contributed by atoms with E-state index in [9.17, 15) is 4.79 Å². The van der Waals surface area contributed by atoms with Crippen molar-refractivity contribution in [2.45, 2.75) is 18.3 Å². The normalized spacial score (nSPS) is 15.5. The summed E-state index contributed by atoms with van der Waals surface area (Å²) in [6, 6.07) is 17.4. The largest absolute Gasteiger partial charge is 0.497 e. The van der Waals surface area contributed by atoms with Crippen LogP contribution < -0.4 is 15.6 Å². The van der Waals surface area contributed by atoms with E-state index in [-0.39, 0.29) is 16.0 Å². The van der Waals surface area contributed by atoms with Crippen molar-refractivity contribution in [2.24, 2.45) is 0 Å². The Labute approximate surface area is 180 Å². The average molecular weight is 426 g/mol. The number of hydrogen-bond acceptors (Lipinski definition) is 5. The van der Waals surface area contributed by atoms with Crippen LogP contribution in [0.4, 0.5) is 5.69 Å². The fourth-order valence-corrected chi connectivity index (χ4v) is 4.04. The van der Waals surface area contributed by atoms with Crippen LogP contribution in [0.25, 0.3) is 5.69 Å². The van der Waals surface area contributed by atoms with Crippen molar-refractivity contribution < 1.29 is 9.47 Å². The van der Waals surface area contributed by atoms with Crippen molar-refractivity contribution in [1.82, 2.24) is 9.78 Å². The Kier molecular flexibility index (Phi) is 6.06. The molecule has 1 fully saturated rings. The topological polar surface area (TPSA) is 65.4 Å². The average Bonchev–Trinajstić information content (AvgIpc) is 2.81. The van der Waals surface area contributed by atoms with Crippen LogP contribution in [0.15, 0.2) is 65.6 Å². The first kappa shape index (κ1) is 20.4. The quantitative estimate of drug-likeness (QED) is 0.645. The van der Waals surface area contributed by atoms with Crippen LogP contribution in [-0.4, -0.2) is 36.6 Å². The fourth-order valence-electron chi connectivity index (χ4n) is 3.85. The standard InChI is InChI=1S/C23H24ClN3O3/c1-29-19-9-7-17(8-10-19)23(11-13-30-14-12-23)16-25-20-15-26-27(22(28)21(20)24)18-5-3-2-4-6-18/h2-10,15,25H,11-14,16H2,1H3. The van der Waals surface area contributed by atoms with Gasteiger partial charge in [-0.25, -0.2) is 0 Å². The molecule has 2 heterocycles. The van der Waals surface area contributed by atoms with Gasteiger partial charge in [0.15, 0.2) is 0 Å². The van der Waals surface area contributed by atoms with Crippen molar-refractivity contribution in [1.29, 1.82) is 0 Å². The number of hydrogen-bond donors (Lipinski definition) is 1. The SMILES string of the molecule is COc1ccc(C2(CNc3cnn(-c4ccccc4)c(=O)c3Cl)CCOCC2)cc1.